The number of halogens is 1. The third-order valence-corrected chi connectivity index (χ3v) is 5.77. The Morgan fingerprint density at radius 1 is 1.17 bits per heavy atom. The van der Waals surface area contributed by atoms with Crippen molar-refractivity contribution in [1.29, 1.82) is 0 Å². The SMILES string of the molecule is Cc1cc(C)cc(N2CC(c3nnc(NC(=O)c4ccccc4F)s3)CC2=O)c1. The highest BCUT2D eigenvalue weighted by Gasteiger charge is 2.34. The smallest absolute Gasteiger partial charge is 0.260 e. The number of nitrogens with one attached hydrogen (secondary N) is 1. The Balaban J connectivity index is 1.48. The van der Waals surface area contributed by atoms with E-state index in [4.69, 9.17) is 0 Å². The number of amides is 2. The van der Waals surface area contributed by atoms with Crippen molar-refractivity contribution in [3.05, 3.63) is 70.0 Å². The van der Waals surface area contributed by atoms with Crippen molar-refractivity contribution in [2.45, 2.75) is 26.2 Å². The molecular weight excluding hydrogens is 391 g/mol. The first-order valence-electron chi connectivity index (χ1n) is 9.18. The third-order valence-electron chi connectivity index (χ3n) is 4.77. The molecule has 1 atom stereocenters. The van der Waals surface area contributed by atoms with Crippen molar-refractivity contribution in [3.8, 4) is 0 Å². The Kier molecular flexibility index (Phi) is 5.10. The summed E-state index contributed by atoms with van der Waals surface area (Å²) in [5.74, 6) is -1.24. The van der Waals surface area contributed by atoms with E-state index >= 15 is 0 Å². The highest BCUT2D eigenvalue weighted by atomic mass is 32.1. The van der Waals surface area contributed by atoms with Crippen LogP contribution in [0.5, 0.6) is 0 Å². The molecule has 0 radical (unpaired) electrons. The van der Waals surface area contributed by atoms with Crippen LogP contribution in [-0.2, 0) is 4.79 Å². The predicted octanol–water partition coefficient (Wildman–Crippen LogP) is 4.07. The molecule has 1 fully saturated rings. The first-order chi connectivity index (χ1) is 13.9. The summed E-state index contributed by atoms with van der Waals surface area (Å²) in [5, 5.41) is 11.7. The second-order valence-electron chi connectivity index (χ2n) is 7.13. The fraction of sp³-hybridized carbons (Fsp3) is 0.238. The van der Waals surface area contributed by atoms with Gasteiger partial charge in [0.2, 0.25) is 11.0 Å². The van der Waals surface area contributed by atoms with Gasteiger partial charge >= 0.3 is 0 Å². The molecule has 1 unspecified atom stereocenters. The third kappa shape index (κ3) is 4.02. The highest BCUT2D eigenvalue weighted by molar-refractivity contribution is 7.15. The molecule has 3 aromatic rings. The predicted molar refractivity (Wildman–Crippen MR) is 110 cm³/mol. The molecule has 2 aromatic carbocycles. The molecule has 29 heavy (non-hydrogen) atoms. The number of aryl methyl sites for hydroxylation is 2. The summed E-state index contributed by atoms with van der Waals surface area (Å²) in [7, 11) is 0. The Bertz CT molecular complexity index is 1080. The molecule has 2 amide bonds. The summed E-state index contributed by atoms with van der Waals surface area (Å²) in [6.07, 6.45) is 0.336. The van der Waals surface area contributed by atoms with Gasteiger partial charge in [-0.25, -0.2) is 4.39 Å². The molecule has 148 valence electrons. The normalized spacial score (nSPS) is 16.3. The summed E-state index contributed by atoms with van der Waals surface area (Å²) < 4.78 is 13.8. The molecule has 0 bridgehead atoms. The fourth-order valence-corrected chi connectivity index (χ4v) is 4.32. The lowest BCUT2D eigenvalue weighted by Crippen LogP contribution is -2.24. The van der Waals surface area contributed by atoms with Gasteiger partial charge in [-0.2, -0.15) is 0 Å². The maximum atomic E-state index is 13.8. The molecule has 2 heterocycles. The van der Waals surface area contributed by atoms with Crippen LogP contribution in [0.3, 0.4) is 0 Å². The summed E-state index contributed by atoms with van der Waals surface area (Å²) in [5.41, 5.74) is 3.03. The van der Waals surface area contributed by atoms with Crippen LogP contribution in [0.2, 0.25) is 0 Å². The van der Waals surface area contributed by atoms with E-state index in [2.05, 4.69) is 21.6 Å². The zero-order chi connectivity index (χ0) is 20.5. The number of hydrogen-bond donors (Lipinski definition) is 1. The van der Waals surface area contributed by atoms with Crippen LogP contribution < -0.4 is 10.2 Å². The van der Waals surface area contributed by atoms with Gasteiger partial charge in [0.05, 0.1) is 5.56 Å². The maximum absolute atomic E-state index is 13.8. The number of aromatic nitrogens is 2. The molecular formula is C21H19FN4O2S. The maximum Gasteiger partial charge on any atom is 0.260 e. The van der Waals surface area contributed by atoms with Crippen molar-refractivity contribution in [2.75, 3.05) is 16.8 Å². The van der Waals surface area contributed by atoms with Gasteiger partial charge in [0.1, 0.15) is 10.8 Å². The second-order valence-corrected chi connectivity index (χ2v) is 8.14. The number of hydrogen-bond acceptors (Lipinski definition) is 5. The van der Waals surface area contributed by atoms with Gasteiger partial charge in [-0.05, 0) is 49.2 Å². The van der Waals surface area contributed by atoms with E-state index in [1.165, 1.54) is 29.5 Å². The van der Waals surface area contributed by atoms with Crippen LogP contribution in [0.25, 0.3) is 0 Å². The second kappa shape index (κ2) is 7.71. The van der Waals surface area contributed by atoms with E-state index in [0.29, 0.717) is 18.0 Å². The Hall–Kier alpha value is -3.13. The Morgan fingerprint density at radius 3 is 2.62 bits per heavy atom. The van der Waals surface area contributed by atoms with Crippen LogP contribution in [0.4, 0.5) is 15.2 Å². The molecule has 0 spiro atoms. The molecule has 8 heteroatoms. The zero-order valence-corrected chi connectivity index (χ0v) is 16.8. The van der Waals surface area contributed by atoms with E-state index in [9.17, 15) is 14.0 Å². The number of carbonyl (C=O) groups is 2. The van der Waals surface area contributed by atoms with Crippen LogP contribution in [-0.4, -0.2) is 28.6 Å². The number of nitrogens with zero attached hydrogens (tertiary/aromatic N) is 3. The monoisotopic (exact) mass is 410 g/mol. The van der Waals surface area contributed by atoms with E-state index in [1.807, 2.05) is 26.0 Å². The van der Waals surface area contributed by atoms with Gasteiger partial charge in [0, 0.05) is 24.6 Å². The van der Waals surface area contributed by atoms with E-state index in [0.717, 1.165) is 16.8 Å². The molecule has 6 nitrogen and oxygen atoms in total. The zero-order valence-electron chi connectivity index (χ0n) is 16.0. The minimum Gasteiger partial charge on any atom is -0.312 e. The largest absolute Gasteiger partial charge is 0.312 e. The number of benzene rings is 2. The summed E-state index contributed by atoms with van der Waals surface area (Å²) in [6, 6.07) is 11.8. The summed E-state index contributed by atoms with van der Waals surface area (Å²) >= 11 is 1.21. The first-order valence-corrected chi connectivity index (χ1v) is 10.0. The van der Waals surface area contributed by atoms with Crippen LogP contribution in [0, 0.1) is 19.7 Å². The van der Waals surface area contributed by atoms with Gasteiger partial charge in [-0.3, -0.25) is 14.9 Å². The van der Waals surface area contributed by atoms with Gasteiger partial charge in [-0.15, -0.1) is 10.2 Å². The molecule has 0 aliphatic carbocycles. The van der Waals surface area contributed by atoms with Crippen LogP contribution >= 0.6 is 11.3 Å². The minimum atomic E-state index is -0.597. The van der Waals surface area contributed by atoms with Crippen molar-refractivity contribution in [2.24, 2.45) is 0 Å². The molecule has 1 aromatic heterocycles. The molecule has 1 saturated heterocycles. The van der Waals surface area contributed by atoms with Crippen LogP contribution in [0.1, 0.15) is 38.8 Å². The molecule has 1 N–H and O–H groups in total. The van der Waals surface area contributed by atoms with Crippen molar-refractivity contribution >= 4 is 34.0 Å². The Labute approximate surface area is 171 Å². The quantitative estimate of drug-likeness (QED) is 0.704. The molecule has 1 aliphatic rings. The van der Waals surface area contributed by atoms with Gasteiger partial charge in [0.25, 0.3) is 5.91 Å². The summed E-state index contributed by atoms with van der Waals surface area (Å²) in [4.78, 5) is 26.6. The molecule has 1 aliphatic heterocycles. The number of carbonyl (C=O) groups excluding carboxylic acids is 2. The van der Waals surface area contributed by atoms with Crippen molar-refractivity contribution in [1.82, 2.24) is 10.2 Å². The summed E-state index contributed by atoms with van der Waals surface area (Å²) in [6.45, 7) is 4.52. The van der Waals surface area contributed by atoms with Crippen molar-refractivity contribution in [3.63, 3.8) is 0 Å². The first kappa shape index (κ1) is 19.2. The number of rotatable bonds is 4. The average molecular weight is 410 g/mol. The van der Waals surface area contributed by atoms with E-state index in [1.54, 1.807) is 11.0 Å². The molecule has 4 rings (SSSR count). The Morgan fingerprint density at radius 2 is 1.90 bits per heavy atom. The van der Waals surface area contributed by atoms with Gasteiger partial charge < -0.3 is 4.90 Å². The van der Waals surface area contributed by atoms with Gasteiger partial charge in [0.15, 0.2) is 0 Å². The lowest BCUT2D eigenvalue weighted by molar-refractivity contribution is -0.117. The topological polar surface area (TPSA) is 75.2 Å². The van der Waals surface area contributed by atoms with E-state index in [-0.39, 0.29) is 22.5 Å². The fourth-order valence-electron chi connectivity index (χ4n) is 3.49. The molecule has 0 saturated carbocycles. The highest BCUT2D eigenvalue weighted by Crippen LogP contribution is 2.35. The lowest BCUT2D eigenvalue weighted by atomic mass is 10.1. The number of anilines is 2. The van der Waals surface area contributed by atoms with Gasteiger partial charge in [-0.1, -0.05) is 29.5 Å². The van der Waals surface area contributed by atoms with Crippen LogP contribution in [0.15, 0.2) is 42.5 Å². The van der Waals surface area contributed by atoms with E-state index < -0.39 is 11.7 Å². The lowest BCUT2D eigenvalue weighted by Gasteiger charge is -2.17. The van der Waals surface area contributed by atoms with Crippen molar-refractivity contribution < 1.29 is 14.0 Å². The minimum absolute atomic E-state index is 0.0344. The average Bonchev–Trinajstić information content (AvgIpc) is 3.27. The standard InChI is InChI=1S/C21H19FN4O2S/c1-12-7-13(2)9-15(8-12)26-11-14(10-18(26)27)20-24-25-21(29-20)23-19(28)16-5-3-4-6-17(16)22/h3-9,14H,10-11H2,1-2H3,(H,23,25,28).